The van der Waals surface area contributed by atoms with Crippen molar-refractivity contribution in [3.63, 3.8) is 0 Å². The Labute approximate surface area is 112 Å². The average molecular weight is 258 g/mol. The largest absolute Gasteiger partial charge is 0.493 e. The van der Waals surface area contributed by atoms with Crippen molar-refractivity contribution in [1.82, 2.24) is 9.78 Å². The molecular formula is C15H18N2O2. The molecule has 2 aromatic rings. The van der Waals surface area contributed by atoms with Crippen LogP contribution in [0, 0.1) is 5.92 Å². The number of aryl methyl sites for hydroxylation is 1. The first kappa shape index (κ1) is 12.2. The third-order valence-electron chi connectivity index (χ3n) is 3.64. The fourth-order valence-corrected chi connectivity index (χ4v) is 2.55. The first-order valence-electron chi connectivity index (χ1n) is 6.59. The molecule has 0 bridgehead atoms. The molecule has 1 N–H and O–H groups in total. The van der Waals surface area contributed by atoms with Crippen LogP contribution in [-0.4, -0.2) is 27.6 Å². The quantitative estimate of drug-likeness (QED) is 0.909. The first-order valence-corrected chi connectivity index (χ1v) is 6.59. The Balaban J connectivity index is 1.67. The molecule has 0 radical (unpaired) electrons. The highest BCUT2D eigenvalue weighted by Gasteiger charge is 2.26. The second kappa shape index (κ2) is 5.05. The Bertz CT molecular complexity index is 565. The molecule has 3 rings (SSSR count). The van der Waals surface area contributed by atoms with Crippen LogP contribution in [0.3, 0.4) is 0 Å². The number of nitrogens with zero attached hydrogens (tertiary/aromatic N) is 2. The zero-order valence-corrected chi connectivity index (χ0v) is 11.0. The van der Waals surface area contributed by atoms with E-state index in [1.54, 1.807) is 4.68 Å². The fourth-order valence-electron chi connectivity index (χ4n) is 2.55. The molecule has 4 heteroatoms. The predicted octanol–water partition coefficient (Wildman–Crippen LogP) is 1.57. The van der Waals surface area contributed by atoms with Crippen molar-refractivity contribution in [2.24, 2.45) is 13.0 Å². The van der Waals surface area contributed by atoms with Gasteiger partial charge in [-0.05, 0) is 24.1 Å². The number of aromatic nitrogens is 2. The van der Waals surface area contributed by atoms with Gasteiger partial charge in [-0.1, -0.05) is 18.2 Å². The van der Waals surface area contributed by atoms with E-state index in [1.807, 2.05) is 37.5 Å². The van der Waals surface area contributed by atoms with Crippen LogP contribution in [0.2, 0.25) is 0 Å². The van der Waals surface area contributed by atoms with Gasteiger partial charge in [0.1, 0.15) is 5.75 Å². The highest BCUT2D eigenvalue weighted by molar-refractivity contribution is 5.35. The molecule has 100 valence electrons. The summed E-state index contributed by atoms with van der Waals surface area (Å²) in [5.74, 6) is 1.08. The van der Waals surface area contributed by atoms with E-state index in [-0.39, 0.29) is 5.92 Å². The van der Waals surface area contributed by atoms with Crippen LogP contribution in [0.25, 0.3) is 0 Å². The number of aliphatic hydroxyl groups excluding tert-OH is 1. The smallest absolute Gasteiger partial charge is 0.122 e. The number of benzene rings is 1. The zero-order chi connectivity index (χ0) is 13.2. The van der Waals surface area contributed by atoms with Gasteiger partial charge in [-0.15, -0.1) is 0 Å². The maximum absolute atomic E-state index is 10.3. The van der Waals surface area contributed by atoms with E-state index >= 15 is 0 Å². The monoisotopic (exact) mass is 258 g/mol. The van der Waals surface area contributed by atoms with Gasteiger partial charge in [0.2, 0.25) is 0 Å². The Morgan fingerprint density at radius 1 is 1.42 bits per heavy atom. The number of hydrogen-bond acceptors (Lipinski definition) is 3. The van der Waals surface area contributed by atoms with E-state index in [2.05, 4.69) is 11.2 Å². The van der Waals surface area contributed by atoms with Gasteiger partial charge in [0, 0.05) is 25.6 Å². The van der Waals surface area contributed by atoms with Crippen molar-refractivity contribution in [3.8, 4) is 5.75 Å². The number of ether oxygens (including phenoxy) is 1. The van der Waals surface area contributed by atoms with Gasteiger partial charge in [-0.25, -0.2) is 0 Å². The lowest BCUT2D eigenvalue weighted by Gasteiger charge is -2.28. The summed E-state index contributed by atoms with van der Waals surface area (Å²) in [5, 5.41) is 14.6. The van der Waals surface area contributed by atoms with Crippen LogP contribution in [0.1, 0.15) is 11.3 Å². The van der Waals surface area contributed by atoms with Gasteiger partial charge in [0.05, 0.1) is 18.4 Å². The molecule has 0 saturated carbocycles. The van der Waals surface area contributed by atoms with Crippen molar-refractivity contribution >= 4 is 0 Å². The molecule has 4 nitrogen and oxygen atoms in total. The maximum atomic E-state index is 10.3. The number of hydrogen-bond donors (Lipinski definition) is 1. The third-order valence-corrected chi connectivity index (χ3v) is 3.64. The molecule has 1 aromatic heterocycles. The molecule has 1 aromatic carbocycles. The van der Waals surface area contributed by atoms with E-state index in [9.17, 15) is 5.11 Å². The molecule has 0 fully saturated rings. The summed E-state index contributed by atoms with van der Waals surface area (Å²) >= 11 is 0. The SMILES string of the molecule is Cn1ccc(CC(O)C2COc3ccccc3C2)n1. The van der Waals surface area contributed by atoms with E-state index < -0.39 is 6.10 Å². The number of rotatable bonds is 3. The zero-order valence-electron chi connectivity index (χ0n) is 11.0. The normalized spacial score (nSPS) is 19.6. The summed E-state index contributed by atoms with van der Waals surface area (Å²) < 4.78 is 7.47. The van der Waals surface area contributed by atoms with E-state index in [0.717, 1.165) is 17.9 Å². The van der Waals surface area contributed by atoms with Crippen molar-refractivity contribution in [2.45, 2.75) is 18.9 Å². The highest BCUT2D eigenvalue weighted by atomic mass is 16.5. The standard InChI is InChI=1S/C15H18N2O2/c1-17-7-6-13(16-17)9-14(18)12-8-11-4-2-3-5-15(11)19-10-12/h2-7,12,14,18H,8-10H2,1H3. The highest BCUT2D eigenvalue weighted by Crippen LogP contribution is 2.28. The van der Waals surface area contributed by atoms with Crippen LogP contribution < -0.4 is 4.74 Å². The molecule has 1 aliphatic rings. The first-order chi connectivity index (χ1) is 9.22. The maximum Gasteiger partial charge on any atom is 0.122 e. The van der Waals surface area contributed by atoms with Gasteiger partial charge in [0.15, 0.2) is 0 Å². The minimum atomic E-state index is -0.414. The molecule has 1 aliphatic heterocycles. The second-order valence-electron chi connectivity index (χ2n) is 5.14. The van der Waals surface area contributed by atoms with Crippen LogP contribution >= 0.6 is 0 Å². The van der Waals surface area contributed by atoms with Crippen molar-refractivity contribution in [1.29, 1.82) is 0 Å². The Morgan fingerprint density at radius 2 is 2.26 bits per heavy atom. The lowest BCUT2D eigenvalue weighted by molar-refractivity contribution is 0.0645. The van der Waals surface area contributed by atoms with Crippen LogP contribution in [0.4, 0.5) is 0 Å². The second-order valence-corrected chi connectivity index (χ2v) is 5.14. The lowest BCUT2D eigenvalue weighted by Crippen LogP contribution is -2.33. The summed E-state index contributed by atoms with van der Waals surface area (Å²) in [7, 11) is 1.88. The Hall–Kier alpha value is -1.81. The summed E-state index contributed by atoms with van der Waals surface area (Å²) in [6.07, 6.45) is 2.93. The van der Waals surface area contributed by atoms with Crippen LogP contribution in [-0.2, 0) is 19.9 Å². The van der Waals surface area contributed by atoms with E-state index in [0.29, 0.717) is 13.0 Å². The summed E-state index contributed by atoms with van der Waals surface area (Å²) in [6, 6.07) is 9.98. The van der Waals surface area contributed by atoms with Gasteiger partial charge >= 0.3 is 0 Å². The fraction of sp³-hybridized carbons (Fsp3) is 0.400. The van der Waals surface area contributed by atoms with Crippen molar-refractivity contribution in [2.75, 3.05) is 6.61 Å². The summed E-state index contributed by atoms with van der Waals surface area (Å²) in [4.78, 5) is 0. The molecule has 0 aliphatic carbocycles. The molecule has 0 amide bonds. The topological polar surface area (TPSA) is 47.3 Å². The molecule has 0 saturated heterocycles. The Morgan fingerprint density at radius 3 is 3.05 bits per heavy atom. The van der Waals surface area contributed by atoms with Gasteiger partial charge in [0.25, 0.3) is 0 Å². The third kappa shape index (κ3) is 2.63. The number of aliphatic hydroxyl groups is 1. The summed E-state index contributed by atoms with van der Waals surface area (Å²) in [6.45, 7) is 0.574. The Kier molecular flexibility index (Phi) is 3.25. The minimum absolute atomic E-state index is 0.136. The molecule has 2 heterocycles. The van der Waals surface area contributed by atoms with Crippen LogP contribution in [0.5, 0.6) is 5.75 Å². The van der Waals surface area contributed by atoms with E-state index in [4.69, 9.17) is 4.74 Å². The van der Waals surface area contributed by atoms with Crippen LogP contribution in [0.15, 0.2) is 36.5 Å². The summed E-state index contributed by atoms with van der Waals surface area (Å²) in [5.41, 5.74) is 2.10. The van der Waals surface area contributed by atoms with E-state index in [1.165, 1.54) is 5.56 Å². The number of para-hydroxylation sites is 1. The number of fused-ring (bicyclic) bond motifs is 1. The van der Waals surface area contributed by atoms with Crippen molar-refractivity contribution < 1.29 is 9.84 Å². The van der Waals surface area contributed by atoms with Gasteiger partial charge in [-0.3, -0.25) is 4.68 Å². The average Bonchev–Trinajstić information content (AvgIpc) is 2.83. The molecule has 2 atom stereocenters. The molecule has 2 unspecified atom stereocenters. The lowest BCUT2D eigenvalue weighted by atomic mass is 9.90. The van der Waals surface area contributed by atoms with Gasteiger partial charge < -0.3 is 9.84 Å². The molecular weight excluding hydrogens is 240 g/mol. The van der Waals surface area contributed by atoms with Crippen molar-refractivity contribution in [3.05, 3.63) is 47.8 Å². The predicted molar refractivity (Wildman–Crippen MR) is 72.0 cm³/mol. The molecule has 19 heavy (non-hydrogen) atoms. The van der Waals surface area contributed by atoms with Gasteiger partial charge in [-0.2, -0.15) is 5.10 Å². The minimum Gasteiger partial charge on any atom is -0.493 e. The molecule has 0 spiro atoms.